The van der Waals surface area contributed by atoms with Gasteiger partial charge in [0.2, 0.25) is 0 Å². The molecule has 1 aliphatic carbocycles. The zero-order valence-electron chi connectivity index (χ0n) is 14.9. The molecule has 5 nitrogen and oxygen atoms in total. The summed E-state index contributed by atoms with van der Waals surface area (Å²) < 4.78 is 0. The molecule has 1 saturated carbocycles. The van der Waals surface area contributed by atoms with Crippen molar-refractivity contribution in [2.24, 2.45) is 10.8 Å². The highest BCUT2D eigenvalue weighted by Crippen LogP contribution is 2.24. The van der Waals surface area contributed by atoms with E-state index in [0.717, 1.165) is 24.7 Å². The Kier molecular flexibility index (Phi) is 6.64. The summed E-state index contributed by atoms with van der Waals surface area (Å²) in [6.45, 7) is 4.61. The molecular weight excluding hydrogens is 330 g/mol. The number of nitrogens with one attached hydrogen (secondary N) is 1. The lowest BCUT2D eigenvalue weighted by atomic mass is 10.1. The molecule has 136 valence electrons. The van der Waals surface area contributed by atoms with Gasteiger partial charge < -0.3 is 10.6 Å². The Bertz CT molecular complexity index is 570. The summed E-state index contributed by atoms with van der Waals surface area (Å²) in [6, 6.07) is 9.33. The summed E-state index contributed by atoms with van der Waals surface area (Å²) in [6.07, 6.45) is 10.2. The van der Waals surface area contributed by atoms with Gasteiger partial charge in [0.1, 0.15) is 0 Å². The number of rotatable bonds is 4. The highest BCUT2D eigenvalue weighted by atomic mass is 32.1. The molecule has 3 N–H and O–H groups in total. The van der Waals surface area contributed by atoms with Crippen LogP contribution in [0.5, 0.6) is 0 Å². The molecule has 1 aromatic carbocycles. The molecule has 0 amide bonds. The van der Waals surface area contributed by atoms with Gasteiger partial charge in [0, 0.05) is 37.9 Å². The average molecular weight is 360 g/mol. The van der Waals surface area contributed by atoms with Crippen molar-refractivity contribution < 1.29 is 0 Å². The predicted octanol–water partition coefficient (Wildman–Crippen LogP) is 2.70. The lowest BCUT2D eigenvalue weighted by molar-refractivity contribution is 0.169. The van der Waals surface area contributed by atoms with Crippen LogP contribution in [0.25, 0.3) is 0 Å². The van der Waals surface area contributed by atoms with E-state index in [-0.39, 0.29) is 5.11 Å². The number of piperazine rings is 1. The van der Waals surface area contributed by atoms with E-state index in [2.05, 4.69) is 44.6 Å². The fourth-order valence-electron chi connectivity index (χ4n) is 3.91. The molecule has 0 atom stereocenters. The van der Waals surface area contributed by atoms with Crippen LogP contribution < -0.4 is 16.1 Å². The topological polar surface area (TPSA) is 56.9 Å². The number of hydrogen-bond donors (Lipinski definition) is 2. The van der Waals surface area contributed by atoms with Crippen molar-refractivity contribution in [2.45, 2.75) is 44.6 Å². The number of nitrogens with two attached hydrogens (primary N) is 1. The maximum Gasteiger partial charge on any atom is 0.184 e. The van der Waals surface area contributed by atoms with Gasteiger partial charge in [-0.1, -0.05) is 37.8 Å². The molecule has 1 heterocycles. The van der Waals surface area contributed by atoms with Crippen LogP contribution in [0.4, 0.5) is 5.69 Å². The number of hydrazone groups is 1. The van der Waals surface area contributed by atoms with Crippen LogP contribution in [0, 0.1) is 0 Å². The van der Waals surface area contributed by atoms with E-state index in [9.17, 15) is 0 Å². The predicted molar refractivity (Wildman–Crippen MR) is 109 cm³/mol. The Morgan fingerprint density at radius 2 is 1.68 bits per heavy atom. The van der Waals surface area contributed by atoms with Crippen molar-refractivity contribution in [3.05, 3.63) is 29.8 Å². The maximum atomic E-state index is 5.35. The number of nitrogens with zero attached hydrogens (tertiary/aromatic N) is 3. The minimum atomic E-state index is 0.180. The lowest BCUT2D eigenvalue weighted by Crippen LogP contribution is -2.50. The van der Waals surface area contributed by atoms with Crippen LogP contribution >= 0.6 is 12.2 Å². The molecule has 0 aromatic heterocycles. The molecule has 2 fully saturated rings. The van der Waals surface area contributed by atoms with E-state index in [1.807, 2.05) is 0 Å². The third kappa shape index (κ3) is 5.41. The van der Waals surface area contributed by atoms with Crippen LogP contribution in [-0.2, 0) is 0 Å². The second-order valence-electron chi connectivity index (χ2n) is 6.99. The van der Waals surface area contributed by atoms with Crippen LogP contribution in [0.15, 0.2) is 29.4 Å². The number of anilines is 1. The second-order valence-corrected chi connectivity index (χ2v) is 7.43. The summed E-state index contributed by atoms with van der Waals surface area (Å²) in [4.78, 5) is 5.21. The fraction of sp³-hybridized carbons (Fsp3) is 0.579. The Morgan fingerprint density at radius 1 is 1.04 bits per heavy atom. The normalized spacial score (nSPS) is 20.6. The Balaban J connectivity index is 1.50. The molecule has 25 heavy (non-hydrogen) atoms. The third-order valence-electron chi connectivity index (χ3n) is 5.30. The quantitative estimate of drug-likeness (QED) is 0.375. The first kappa shape index (κ1) is 18.1. The number of benzene rings is 1. The van der Waals surface area contributed by atoms with Crippen molar-refractivity contribution in [3.8, 4) is 0 Å². The first-order valence-electron chi connectivity index (χ1n) is 9.40. The van der Waals surface area contributed by atoms with E-state index >= 15 is 0 Å². The van der Waals surface area contributed by atoms with E-state index in [0.29, 0.717) is 0 Å². The Labute approximate surface area is 156 Å². The summed E-state index contributed by atoms with van der Waals surface area (Å²) >= 11 is 4.72. The van der Waals surface area contributed by atoms with Gasteiger partial charge in [0.25, 0.3) is 0 Å². The maximum absolute atomic E-state index is 5.35. The largest absolute Gasteiger partial charge is 0.375 e. The zero-order chi connectivity index (χ0) is 17.5. The first-order valence-corrected chi connectivity index (χ1v) is 9.81. The van der Waals surface area contributed by atoms with Crippen molar-refractivity contribution in [3.63, 3.8) is 0 Å². The van der Waals surface area contributed by atoms with Crippen LogP contribution in [0.1, 0.15) is 44.1 Å². The first-order chi connectivity index (χ1) is 12.2. The summed E-state index contributed by atoms with van der Waals surface area (Å²) in [7, 11) is 0. The third-order valence-corrected chi connectivity index (χ3v) is 5.39. The van der Waals surface area contributed by atoms with Crippen molar-refractivity contribution in [1.82, 2.24) is 10.3 Å². The lowest BCUT2D eigenvalue weighted by Gasteiger charge is -2.40. The smallest absolute Gasteiger partial charge is 0.184 e. The SMILES string of the molecule is NC(=S)N/N=C/c1ccc(N2CCN(C3CCCCCC3)CC2)cc1. The molecule has 1 aliphatic heterocycles. The van der Waals surface area contributed by atoms with E-state index in [1.165, 1.54) is 57.3 Å². The van der Waals surface area contributed by atoms with Gasteiger partial charge in [-0.3, -0.25) is 10.3 Å². The van der Waals surface area contributed by atoms with Crippen LogP contribution in [-0.4, -0.2) is 48.4 Å². The standard InChI is InChI=1S/C19H29N5S/c20-19(25)22-21-15-16-7-9-18(10-8-16)24-13-11-23(12-14-24)17-5-3-1-2-4-6-17/h7-10,15,17H,1-6,11-14H2,(H3,20,22,25)/b21-15+. The Morgan fingerprint density at radius 3 is 2.28 bits per heavy atom. The van der Waals surface area contributed by atoms with Gasteiger partial charge in [-0.25, -0.2) is 0 Å². The molecule has 1 saturated heterocycles. The minimum absolute atomic E-state index is 0.180. The average Bonchev–Trinajstić information content (AvgIpc) is 2.92. The number of thiocarbonyl (C=S) groups is 1. The van der Waals surface area contributed by atoms with E-state index in [4.69, 9.17) is 18.0 Å². The summed E-state index contributed by atoms with van der Waals surface area (Å²) in [5, 5.41) is 4.17. The van der Waals surface area contributed by atoms with Gasteiger partial charge in [0.15, 0.2) is 5.11 Å². The molecule has 2 aliphatic rings. The zero-order valence-corrected chi connectivity index (χ0v) is 15.7. The minimum Gasteiger partial charge on any atom is -0.375 e. The molecule has 3 rings (SSSR count). The van der Waals surface area contributed by atoms with Crippen molar-refractivity contribution >= 4 is 29.2 Å². The fourth-order valence-corrected chi connectivity index (χ4v) is 3.96. The molecule has 1 aromatic rings. The van der Waals surface area contributed by atoms with Gasteiger partial charge in [-0.2, -0.15) is 5.10 Å². The molecule has 0 spiro atoms. The molecule has 0 bridgehead atoms. The van der Waals surface area contributed by atoms with E-state index < -0.39 is 0 Å². The van der Waals surface area contributed by atoms with Crippen LogP contribution in [0.2, 0.25) is 0 Å². The van der Waals surface area contributed by atoms with E-state index in [1.54, 1.807) is 6.21 Å². The van der Waals surface area contributed by atoms with Gasteiger partial charge in [-0.05, 0) is 42.8 Å². The monoisotopic (exact) mass is 359 g/mol. The molecule has 0 radical (unpaired) electrons. The highest BCUT2D eigenvalue weighted by Gasteiger charge is 2.24. The van der Waals surface area contributed by atoms with Gasteiger partial charge >= 0.3 is 0 Å². The van der Waals surface area contributed by atoms with Gasteiger partial charge in [-0.15, -0.1) is 0 Å². The molecule has 6 heteroatoms. The molecule has 0 unspecified atom stereocenters. The van der Waals surface area contributed by atoms with Crippen molar-refractivity contribution in [1.29, 1.82) is 0 Å². The molecular formula is C19H29N5S. The highest BCUT2D eigenvalue weighted by molar-refractivity contribution is 7.80. The van der Waals surface area contributed by atoms with Crippen LogP contribution in [0.3, 0.4) is 0 Å². The summed E-state index contributed by atoms with van der Waals surface area (Å²) in [5.41, 5.74) is 10.2. The summed E-state index contributed by atoms with van der Waals surface area (Å²) in [5.74, 6) is 0. The van der Waals surface area contributed by atoms with Crippen molar-refractivity contribution in [2.75, 3.05) is 31.1 Å². The number of hydrogen-bond acceptors (Lipinski definition) is 4. The second kappa shape index (κ2) is 9.15. The Hall–Kier alpha value is -1.66. The van der Waals surface area contributed by atoms with Gasteiger partial charge in [0.05, 0.1) is 6.21 Å².